The Balaban J connectivity index is 2.02. The van der Waals surface area contributed by atoms with Crippen molar-refractivity contribution in [1.82, 2.24) is 15.0 Å². The van der Waals surface area contributed by atoms with Gasteiger partial charge in [-0.2, -0.15) is 0 Å². The second-order valence-corrected chi connectivity index (χ2v) is 6.54. The van der Waals surface area contributed by atoms with Gasteiger partial charge >= 0.3 is 0 Å². The highest BCUT2D eigenvalue weighted by molar-refractivity contribution is 6.01. The van der Waals surface area contributed by atoms with E-state index in [1.54, 1.807) is 44.8 Å². The van der Waals surface area contributed by atoms with Crippen molar-refractivity contribution >= 4 is 5.91 Å². The molecule has 0 aliphatic carbocycles. The molecule has 8 heteroatoms. The van der Waals surface area contributed by atoms with Gasteiger partial charge in [0, 0.05) is 31.5 Å². The molecule has 1 aromatic carbocycles. The molecule has 0 aliphatic rings. The molecule has 3 rings (SSSR count). The maximum Gasteiger partial charge on any atom is 0.259 e. The van der Waals surface area contributed by atoms with Gasteiger partial charge in [-0.3, -0.25) is 9.78 Å². The minimum atomic E-state index is -0.998. The van der Waals surface area contributed by atoms with Crippen LogP contribution in [0.1, 0.15) is 34.7 Å². The van der Waals surface area contributed by atoms with Crippen molar-refractivity contribution < 1.29 is 23.9 Å². The lowest BCUT2D eigenvalue weighted by molar-refractivity contribution is 0.0773. The summed E-state index contributed by atoms with van der Waals surface area (Å²) in [6, 6.07) is 8.88. The van der Waals surface area contributed by atoms with Gasteiger partial charge in [-0.25, -0.2) is 0 Å². The Morgan fingerprint density at radius 1 is 1.24 bits per heavy atom. The number of nitrogens with zero attached hydrogens (tertiary/aromatic N) is 3. The largest absolute Gasteiger partial charge is 0.493 e. The molecule has 8 nitrogen and oxygen atoms in total. The molecule has 1 unspecified atom stereocenters. The van der Waals surface area contributed by atoms with E-state index in [9.17, 15) is 9.90 Å². The normalized spacial score (nSPS) is 11.8. The number of methoxy groups -OCH3 is 2. The number of aliphatic hydroxyl groups is 1. The molecule has 3 aromatic rings. The molecule has 0 bridgehead atoms. The van der Waals surface area contributed by atoms with Gasteiger partial charge < -0.3 is 24.0 Å². The predicted octanol–water partition coefficient (Wildman–Crippen LogP) is 3.08. The molecular formula is C21H23N3O5. The van der Waals surface area contributed by atoms with E-state index in [0.717, 1.165) is 5.56 Å². The average molecular weight is 397 g/mol. The number of ether oxygens (including phenoxy) is 2. The molecule has 0 saturated carbocycles. The van der Waals surface area contributed by atoms with E-state index in [-0.39, 0.29) is 17.2 Å². The van der Waals surface area contributed by atoms with Crippen molar-refractivity contribution in [2.75, 3.05) is 21.3 Å². The van der Waals surface area contributed by atoms with Crippen LogP contribution in [0.25, 0.3) is 11.3 Å². The maximum absolute atomic E-state index is 13.2. The van der Waals surface area contributed by atoms with Crippen LogP contribution in [-0.4, -0.2) is 47.3 Å². The second-order valence-electron chi connectivity index (χ2n) is 6.54. The highest BCUT2D eigenvalue weighted by Gasteiger charge is 2.29. The molecule has 0 radical (unpaired) electrons. The van der Waals surface area contributed by atoms with Crippen LogP contribution in [0.15, 0.2) is 47.2 Å². The zero-order valence-electron chi connectivity index (χ0n) is 16.7. The quantitative estimate of drug-likeness (QED) is 0.654. The fraction of sp³-hybridized carbons (Fsp3) is 0.286. The van der Waals surface area contributed by atoms with Gasteiger partial charge in [0.05, 0.1) is 14.2 Å². The third-order valence-electron chi connectivity index (χ3n) is 4.46. The van der Waals surface area contributed by atoms with Gasteiger partial charge in [-0.05, 0) is 36.8 Å². The van der Waals surface area contributed by atoms with Crippen molar-refractivity contribution in [1.29, 1.82) is 0 Å². The first-order chi connectivity index (χ1) is 14.0. The highest BCUT2D eigenvalue weighted by Crippen LogP contribution is 2.35. The minimum absolute atomic E-state index is 0.109. The molecule has 1 amide bonds. The first-order valence-corrected chi connectivity index (χ1v) is 9.00. The molecule has 2 aromatic heterocycles. The summed E-state index contributed by atoms with van der Waals surface area (Å²) in [6.45, 7) is 1.87. The smallest absolute Gasteiger partial charge is 0.259 e. The average Bonchev–Trinajstić information content (AvgIpc) is 3.18. The first-order valence-electron chi connectivity index (χ1n) is 9.00. The number of hydrogen-bond acceptors (Lipinski definition) is 7. The molecule has 1 N–H and O–H groups in total. The van der Waals surface area contributed by atoms with E-state index in [1.807, 2.05) is 12.1 Å². The van der Waals surface area contributed by atoms with E-state index in [0.29, 0.717) is 29.3 Å². The van der Waals surface area contributed by atoms with Crippen LogP contribution in [0, 0.1) is 0 Å². The Labute approximate surface area is 168 Å². The van der Waals surface area contributed by atoms with Gasteiger partial charge in [0.1, 0.15) is 17.4 Å². The third kappa shape index (κ3) is 4.22. The molecule has 0 spiro atoms. The Kier molecular flexibility index (Phi) is 6.13. The summed E-state index contributed by atoms with van der Waals surface area (Å²) in [7, 11) is 4.74. The number of hydrogen-bond donors (Lipinski definition) is 1. The molecule has 0 saturated heterocycles. The Morgan fingerprint density at radius 2 is 2.00 bits per heavy atom. The summed E-state index contributed by atoms with van der Waals surface area (Å²) in [5, 5.41) is 14.2. The van der Waals surface area contributed by atoms with E-state index < -0.39 is 6.10 Å². The zero-order chi connectivity index (χ0) is 21.0. The standard InChI is InChI=1S/C21H23N3O5/c1-13(25)20-18(21(26)24(2)12-14-6-5-9-22-11-14)19(23-29-20)15-7-8-16(27-3)17(10-15)28-4/h5-11,13,25H,12H2,1-4H3. The summed E-state index contributed by atoms with van der Waals surface area (Å²) in [5.41, 5.74) is 2.02. The molecular weight excluding hydrogens is 374 g/mol. The molecule has 2 heterocycles. The molecule has 1 atom stereocenters. The van der Waals surface area contributed by atoms with E-state index in [2.05, 4.69) is 10.1 Å². The van der Waals surface area contributed by atoms with Crippen LogP contribution < -0.4 is 9.47 Å². The van der Waals surface area contributed by atoms with Gasteiger partial charge in [0.15, 0.2) is 17.3 Å². The fourth-order valence-electron chi connectivity index (χ4n) is 3.00. The maximum atomic E-state index is 13.2. The van der Waals surface area contributed by atoms with Gasteiger partial charge in [-0.1, -0.05) is 11.2 Å². The first kappa shape index (κ1) is 20.3. The second kappa shape index (κ2) is 8.74. The Bertz CT molecular complexity index is 985. The highest BCUT2D eigenvalue weighted by atomic mass is 16.5. The molecule has 29 heavy (non-hydrogen) atoms. The summed E-state index contributed by atoms with van der Waals surface area (Å²) in [6.07, 6.45) is 2.37. The third-order valence-corrected chi connectivity index (χ3v) is 4.46. The van der Waals surface area contributed by atoms with Crippen molar-refractivity contribution in [3.05, 3.63) is 59.6 Å². The van der Waals surface area contributed by atoms with Crippen molar-refractivity contribution in [2.24, 2.45) is 0 Å². The molecule has 0 aliphatic heterocycles. The van der Waals surface area contributed by atoms with Gasteiger partial charge in [0.2, 0.25) is 0 Å². The monoisotopic (exact) mass is 397 g/mol. The van der Waals surface area contributed by atoms with Gasteiger partial charge in [0.25, 0.3) is 5.91 Å². The van der Waals surface area contributed by atoms with Crippen LogP contribution in [0.4, 0.5) is 0 Å². The lowest BCUT2D eigenvalue weighted by Gasteiger charge is -2.18. The van der Waals surface area contributed by atoms with Crippen LogP contribution >= 0.6 is 0 Å². The fourth-order valence-corrected chi connectivity index (χ4v) is 3.00. The summed E-state index contributed by atoms with van der Waals surface area (Å²) < 4.78 is 15.9. The zero-order valence-corrected chi connectivity index (χ0v) is 16.7. The van der Waals surface area contributed by atoms with E-state index >= 15 is 0 Å². The minimum Gasteiger partial charge on any atom is -0.493 e. The number of benzene rings is 1. The molecule has 152 valence electrons. The van der Waals surface area contributed by atoms with Crippen LogP contribution in [0.3, 0.4) is 0 Å². The molecule has 0 fully saturated rings. The van der Waals surface area contributed by atoms with Crippen LogP contribution in [-0.2, 0) is 6.54 Å². The van der Waals surface area contributed by atoms with Crippen LogP contribution in [0.5, 0.6) is 11.5 Å². The predicted molar refractivity (Wildman–Crippen MR) is 106 cm³/mol. The number of aliphatic hydroxyl groups excluding tert-OH is 1. The van der Waals surface area contributed by atoms with Crippen molar-refractivity contribution in [3.63, 3.8) is 0 Å². The van der Waals surface area contributed by atoms with E-state index in [1.165, 1.54) is 18.9 Å². The summed E-state index contributed by atoms with van der Waals surface area (Å²) >= 11 is 0. The SMILES string of the molecule is COc1ccc(-c2noc(C(C)O)c2C(=O)N(C)Cc2cccnc2)cc1OC. The lowest BCUT2D eigenvalue weighted by Crippen LogP contribution is -2.27. The van der Waals surface area contributed by atoms with E-state index in [4.69, 9.17) is 14.0 Å². The number of aromatic nitrogens is 2. The summed E-state index contributed by atoms with van der Waals surface area (Å²) in [4.78, 5) is 18.8. The number of rotatable bonds is 7. The van der Waals surface area contributed by atoms with Crippen molar-refractivity contribution in [2.45, 2.75) is 19.6 Å². The lowest BCUT2D eigenvalue weighted by atomic mass is 10.0. The number of carbonyl (C=O) groups is 1. The Hall–Kier alpha value is -3.39. The van der Waals surface area contributed by atoms with Gasteiger partial charge in [-0.15, -0.1) is 0 Å². The number of amides is 1. The number of pyridine rings is 1. The van der Waals surface area contributed by atoms with Crippen molar-refractivity contribution in [3.8, 4) is 22.8 Å². The van der Waals surface area contributed by atoms with Crippen LogP contribution in [0.2, 0.25) is 0 Å². The topological polar surface area (TPSA) is 97.9 Å². The number of carbonyl (C=O) groups excluding carboxylic acids is 1. The Morgan fingerprint density at radius 3 is 2.62 bits per heavy atom. The summed E-state index contributed by atoms with van der Waals surface area (Å²) in [5.74, 6) is 0.833.